The van der Waals surface area contributed by atoms with Crippen LogP contribution in [0.15, 0.2) is 83.1 Å². The number of aromatic nitrogens is 1. The number of benzene rings is 3. The second-order valence-corrected chi connectivity index (χ2v) is 11.4. The molecule has 0 aliphatic carbocycles. The molecule has 37 heavy (non-hydrogen) atoms. The van der Waals surface area contributed by atoms with Crippen molar-refractivity contribution in [3.8, 4) is 0 Å². The van der Waals surface area contributed by atoms with E-state index in [2.05, 4.69) is 20.3 Å². The Morgan fingerprint density at radius 1 is 1.05 bits per heavy atom. The standard InChI is InChI=1S/C27H27ClN4O3S2/c1-3-25-31-23(17-36-25)18(2)32-37(34,35)24-14-8-13-22(28)26(24)29-16-19-9-7-12-21(15-19)30-27(33)20-10-5-4-6-11-20/h4-15,17-18,29,32H,3,16H2,1-2H3,(H,30,33). The van der Waals surface area contributed by atoms with Gasteiger partial charge in [0.1, 0.15) is 4.90 Å². The highest BCUT2D eigenvalue weighted by Gasteiger charge is 2.24. The predicted molar refractivity (Wildman–Crippen MR) is 150 cm³/mol. The third-order valence-corrected chi connectivity index (χ3v) is 8.51. The average Bonchev–Trinajstić information content (AvgIpc) is 3.38. The van der Waals surface area contributed by atoms with E-state index in [0.29, 0.717) is 29.2 Å². The third-order valence-electron chi connectivity index (χ3n) is 5.60. The first-order chi connectivity index (χ1) is 17.8. The van der Waals surface area contributed by atoms with Crippen molar-refractivity contribution < 1.29 is 13.2 Å². The van der Waals surface area contributed by atoms with E-state index < -0.39 is 16.1 Å². The maximum absolute atomic E-state index is 13.3. The number of amides is 1. The summed E-state index contributed by atoms with van der Waals surface area (Å²) in [5.74, 6) is -0.212. The van der Waals surface area contributed by atoms with Gasteiger partial charge < -0.3 is 10.6 Å². The highest BCUT2D eigenvalue weighted by molar-refractivity contribution is 7.89. The zero-order valence-corrected chi connectivity index (χ0v) is 22.8. The molecular formula is C27H27ClN4O3S2. The number of para-hydroxylation sites is 1. The molecule has 192 valence electrons. The summed E-state index contributed by atoms with van der Waals surface area (Å²) in [6, 6.07) is 20.5. The molecule has 3 aromatic carbocycles. The van der Waals surface area contributed by atoms with Gasteiger partial charge in [0.25, 0.3) is 5.91 Å². The number of halogens is 1. The molecule has 7 nitrogen and oxygen atoms in total. The van der Waals surface area contributed by atoms with E-state index >= 15 is 0 Å². The largest absolute Gasteiger partial charge is 0.379 e. The maximum atomic E-state index is 13.3. The minimum atomic E-state index is -3.91. The van der Waals surface area contributed by atoms with Gasteiger partial charge in [-0.1, -0.05) is 54.9 Å². The number of thiazole rings is 1. The Bertz CT molecular complexity index is 1490. The fourth-order valence-corrected chi connectivity index (χ4v) is 6.24. The first-order valence-electron chi connectivity index (χ1n) is 11.7. The lowest BCUT2D eigenvalue weighted by Gasteiger charge is -2.17. The summed E-state index contributed by atoms with van der Waals surface area (Å²) in [5, 5.41) is 9.15. The van der Waals surface area contributed by atoms with Crippen molar-refractivity contribution in [3.05, 3.63) is 105 Å². The molecule has 4 rings (SSSR count). The molecule has 10 heteroatoms. The highest BCUT2D eigenvalue weighted by Crippen LogP contribution is 2.31. The molecule has 1 atom stereocenters. The summed E-state index contributed by atoms with van der Waals surface area (Å²) >= 11 is 7.93. The van der Waals surface area contributed by atoms with E-state index in [0.717, 1.165) is 17.0 Å². The van der Waals surface area contributed by atoms with E-state index in [9.17, 15) is 13.2 Å². The van der Waals surface area contributed by atoms with Crippen molar-refractivity contribution in [1.29, 1.82) is 0 Å². The minimum absolute atomic E-state index is 0.0475. The molecule has 0 saturated carbocycles. The summed E-state index contributed by atoms with van der Waals surface area (Å²) in [5.41, 5.74) is 3.00. The van der Waals surface area contributed by atoms with Crippen molar-refractivity contribution in [2.45, 2.75) is 37.8 Å². The van der Waals surface area contributed by atoms with Crippen LogP contribution in [0.3, 0.4) is 0 Å². The van der Waals surface area contributed by atoms with Gasteiger partial charge in [0, 0.05) is 23.2 Å². The van der Waals surface area contributed by atoms with Gasteiger partial charge in [-0.15, -0.1) is 11.3 Å². The van der Waals surface area contributed by atoms with Crippen LogP contribution >= 0.6 is 22.9 Å². The Morgan fingerprint density at radius 2 is 1.81 bits per heavy atom. The molecule has 4 aromatic rings. The number of rotatable bonds is 10. The zero-order chi connectivity index (χ0) is 26.4. The summed E-state index contributed by atoms with van der Waals surface area (Å²) < 4.78 is 29.3. The van der Waals surface area contributed by atoms with Crippen LogP contribution in [0, 0.1) is 0 Å². The van der Waals surface area contributed by atoms with E-state index in [1.54, 1.807) is 49.4 Å². The zero-order valence-electron chi connectivity index (χ0n) is 20.4. The number of nitrogens with zero attached hydrogens (tertiary/aromatic N) is 1. The van der Waals surface area contributed by atoms with Crippen LogP contribution in [0.25, 0.3) is 0 Å². The second-order valence-electron chi connectivity index (χ2n) is 8.35. The molecule has 1 aromatic heterocycles. The maximum Gasteiger partial charge on any atom is 0.255 e. The number of hydrogen-bond acceptors (Lipinski definition) is 6. The van der Waals surface area contributed by atoms with Crippen LogP contribution in [0.4, 0.5) is 11.4 Å². The smallest absolute Gasteiger partial charge is 0.255 e. The Hall–Kier alpha value is -3.24. The second kappa shape index (κ2) is 11.9. The number of anilines is 2. The van der Waals surface area contributed by atoms with E-state index in [4.69, 9.17) is 11.6 Å². The van der Waals surface area contributed by atoms with Gasteiger partial charge in [-0.05, 0) is 55.3 Å². The SMILES string of the molecule is CCc1nc(C(C)NS(=O)(=O)c2cccc(Cl)c2NCc2cccc(NC(=O)c3ccccc3)c2)cs1. The molecule has 1 heterocycles. The molecule has 0 spiro atoms. The molecule has 0 radical (unpaired) electrons. The van der Waals surface area contributed by atoms with E-state index in [1.165, 1.54) is 17.4 Å². The van der Waals surface area contributed by atoms with Crippen molar-refractivity contribution in [3.63, 3.8) is 0 Å². The van der Waals surface area contributed by atoms with Gasteiger partial charge >= 0.3 is 0 Å². The van der Waals surface area contributed by atoms with Crippen LogP contribution in [0.5, 0.6) is 0 Å². The number of aryl methyl sites for hydroxylation is 1. The van der Waals surface area contributed by atoms with E-state index in [-0.39, 0.29) is 15.8 Å². The van der Waals surface area contributed by atoms with Gasteiger partial charge in [-0.2, -0.15) is 0 Å². The Morgan fingerprint density at radius 3 is 2.54 bits per heavy atom. The first-order valence-corrected chi connectivity index (χ1v) is 14.4. The number of carbonyl (C=O) groups is 1. The molecular weight excluding hydrogens is 528 g/mol. The van der Waals surface area contributed by atoms with E-state index in [1.807, 2.05) is 36.6 Å². The molecule has 0 saturated heterocycles. The average molecular weight is 555 g/mol. The van der Waals surface area contributed by atoms with Gasteiger partial charge in [-0.3, -0.25) is 4.79 Å². The summed E-state index contributed by atoms with van der Waals surface area (Å²) in [6.07, 6.45) is 0.795. The van der Waals surface area contributed by atoms with Gasteiger partial charge in [-0.25, -0.2) is 18.1 Å². The van der Waals surface area contributed by atoms with Gasteiger partial charge in [0.2, 0.25) is 10.0 Å². The fraction of sp³-hybridized carbons (Fsp3) is 0.185. The molecule has 0 bridgehead atoms. The lowest BCUT2D eigenvalue weighted by atomic mass is 10.1. The molecule has 0 fully saturated rings. The lowest BCUT2D eigenvalue weighted by molar-refractivity contribution is 0.102. The van der Waals surface area contributed by atoms with Crippen molar-refractivity contribution in [1.82, 2.24) is 9.71 Å². The van der Waals surface area contributed by atoms with Gasteiger partial charge in [0.15, 0.2) is 0 Å². The van der Waals surface area contributed by atoms with Crippen LogP contribution in [-0.2, 0) is 23.0 Å². The number of carbonyl (C=O) groups excluding carboxylic acids is 1. The quantitative estimate of drug-likeness (QED) is 0.215. The van der Waals surface area contributed by atoms with Crippen molar-refractivity contribution in [2.75, 3.05) is 10.6 Å². The van der Waals surface area contributed by atoms with Crippen LogP contribution < -0.4 is 15.4 Å². The molecule has 0 aliphatic heterocycles. The molecule has 0 aliphatic rings. The Labute approximate surface area is 226 Å². The molecule has 3 N–H and O–H groups in total. The van der Waals surface area contributed by atoms with Crippen molar-refractivity contribution >= 4 is 50.2 Å². The third kappa shape index (κ3) is 6.75. The predicted octanol–water partition coefficient (Wildman–Crippen LogP) is 6.26. The number of hydrogen-bond donors (Lipinski definition) is 3. The molecule has 1 unspecified atom stereocenters. The summed E-state index contributed by atoms with van der Waals surface area (Å²) in [6.45, 7) is 4.07. The van der Waals surface area contributed by atoms with Crippen molar-refractivity contribution in [2.24, 2.45) is 0 Å². The van der Waals surface area contributed by atoms with Crippen LogP contribution in [-0.4, -0.2) is 19.3 Å². The summed E-state index contributed by atoms with van der Waals surface area (Å²) in [7, 11) is -3.91. The Kier molecular flexibility index (Phi) is 8.60. The normalized spacial score (nSPS) is 12.2. The van der Waals surface area contributed by atoms with Crippen LogP contribution in [0.1, 0.15) is 46.5 Å². The van der Waals surface area contributed by atoms with Gasteiger partial charge in [0.05, 0.1) is 27.5 Å². The number of sulfonamides is 1. The highest BCUT2D eigenvalue weighted by atomic mass is 35.5. The monoisotopic (exact) mass is 554 g/mol. The number of nitrogens with one attached hydrogen (secondary N) is 3. The Balaban J connectivity index is 1.49. The molecule has 1 amide bonds. The minimum Gasteiger partial charge on any atom is -0.379 e. The first kappa shape index (κ1) is 26.8. The fourth-order valence-electron chi connectivity index (χ4n) is 3.69. The lowest BCUT2D eigenvalue weighted by Crippen LogP contribution is -2.28. The summed E-state index contributed by atoms with van der Waals surface area (Å²) in [4.78, 5) is 17.0. The topological polar surface area (TPSA) is 100 Å². The van der Waals surface area contributed by atoms with Crippen LogP contribution in [0.2, 0.25) is 5.02 Å².